The van der Waals surface area contributed by atoms with Crippen molar-refractivity contribution >= 4 is 13.7 Å². The van der Waals surface area contributed by atoms with Crippen molar-refractivity contribution in [1.29, 1.82) is 0 Å². The van der Waals surface area contributed by atoms with Crippen LogP contribution in [-0.4, -0.2) is 68.5 Å². The van der Waals surface area contributed by atoms with Crippen LogP contribution in [0.15, 0.2) is 0 Å². The molecular weight excluding hydrogens is 756 g/mol. The van der Waals surface area contributed by atoms with Gasteiger partial charge < -0.3 is 28.8 Å². The number of quaternary nitrogens is 1. The van der Waals surface area contributed by atoms with Crippen LogP contribution in [0.25, 0.3) is 0 Å². The quantitative estimate of drug-likeness (QED) is 0.0358. The van der Waals surface area contributed by atoms with E-state index in [1.165, 1.54) is 199 Å². The first kappa shape index (κ1) is 58.5. The lowest BCUT2D eigenvalue weighted by atomic mass is 10.0. The highest BCUT2D eigenvalue weighted by atomic mass is 31.2. The van der Waals surface area contributed by atoms with E-state index in [2.05, 4.69) is 19.2 Å². The number of unbranched alkanes of at least 4 members (excludes halogenated alkanes) is 35. The minimum absolute atomic E-state index is 0.0164. The molecule has 354 valence electrons. The number of carbonyl (C=O) groups excluding carboxylic acids is 1. The Hall–Kier alpha value is -0.500. The van der Waals surface area contributed by atoms with E-state index in [-0.39, 0.29) is 19.1 Å². The Bertz CT molecular complexity index is 932. The molecule has 59 heavy (non-hydrogen) atoms. The molecule has 0 aromatic carbocycles. The molecule has 0 aliphatic rings. The molecule has 0 bridgehead atoms. The van der Waals surface area contributed by atoms with Crippen molar-refractivity contribution in [2.75, 3.05) is 40.9 Å². The summed E-state index contributed by atoms with van der Waals surface area (Å²) in [5.41, 5.74) is 0. The van der Waals surface area contributed by atoms with Gasteiger partial charge in [-0.15, -0.1) is 0 Å². The minimum atomic E-state index is -4.56. The molecular formula is C50H103N2O6P. The van der Waals surface area contributed by atoms with E-state index in [1.807, 2.05) is 21.1 Å². The van der Waals surface area contributed by atoms with Crippen molar-refractivity contribution in [3.05, 3.63) is 0 Å². The fourth-order valence-electron chi connectivity index (χ4n) is 7.98. The molecule has 3 unspecified atom stereocenters. The number of phosphoric acid groups is 1. The summed E-state index contributed by atoms with van der Waals surface area (Å²) in [7, 11) is 1.32. The summed E-state index contributed by atoms with van der Waals surface area (Å²) >= 11 is 0. The molecule has 0 aliphatic carbocycles. The molecule has 2 N–H and O–H groups in total. The van der Waals surface area contributed by atoms with Gasteiger partial charge in [-0.1, -0.05) is 245 Å². The Balaban J connectivity index is 4.21. The summed E-state index contributed by atoms with van der Waals surface area (Å²) in [6.07, 6.45) is 48.2. The van der Waals surface area contributed by atoms with Crippen LogP contribution in [-0.2, 0) is 18.4 Å². The Morgan fingerprint density at radius 1 is 0.525 bits per heavy atom. The predicted octanol–water partition coefficient (Wildman–Crippen LogP) is 14.3. The number of carbonyl (C=O) groups is 1. The Morgan fingerprint density at radius 2 is 0.831 bits per heavy atom. The lowest BCUT2D eigenvalue weighted by molar-refractivity contribution is -0.870. The number of hydrogen-bond donors (Lipinski definition) is 2. The number of aliphatic hydroxyl groups is 1. The van der Waals surface area contributed by atoms with E-state index in [0.717, 1.165) is 38.5 Å². The van der Waals surface area contributed by atoms with Crippen molar-refractivity contribution in [2.24, 2.45) is 0 Å². The maximum Gasteiger partial charge on any atom is 0.268 e. The van der Waals surface area contributed by atoms with Gasteiger partial charge in [-0.25, -0.2) is 0 Å². The zero-order chi connectivity index (χ0) is 43.6. The number of aliphatic hydroxyl groups excluding tert-OH is 1. The summed E-state index contributed by atoms with van der Waals surface area (Å²) < 4.78 is 23.4. The number of hydrogen-bond acceptors (Lipinski definition) is 6. The Morgan fingerprint density at radius 3 is 1.15 bits per heavy atom. The van der Waals surface area contributed by atoms with Crippen molar-refractivity contribution < 1.29 is 32.9 Å². The molecule has 0 radical (unpaired) electrons. The lowest BCUT2D eigenvalue weighted by Gasteiger charge is -2.30. The summed E-state index contributed by atoms with van der Waals surface area (Å²) in [6, 6.07) is -0.794. The van der Waals surface area contributed by atoms with Crippen LogP contribution in [0, 0.1) is 0 Å². The second-order valence-corrected chi connectivity index (χ2v) is 20.7. The third kappa shape index (κ3) is 45.3. The van der Waals surface area contributed by atoms with E-state index >= 15 is 0 Å². The average molecular weight is 859 g/mol. The summed E-state index contributed by atoms with van der Waals surface area (Å²) in [5.74, 6) is -0.158. The normalized spacial score (nSPS) is 14.1. The molecule has 0 aromatic heterocycles. The monoisotopic (exact) mass is 859 g/mol. The second kappa shape index (κ2) is 42.8. The first-order chi connectivity index (χ1) is 28.5. The van der Waals surface area contributed by atoms with Crippen LogP contribution < -0.4 is 10.2 Å². The van der Waals surface area contributed by atoms with Gasteiger partial charge in [0.05, 0.1) is 39.9 Å². The lowest BCUT2D eigenvalue weighted by Crippen LogP contribution is -2.46. The third-order valence-electron chi connectivity index (χ3n) is 12.1. The van der Waals surface area contributed by atoms with Crippen molar-refractivity contribution in [1.82, 2.24) is 5.32 Å². The van der Waals surface area contributed by atoms with Crippen LogP contribution in [0.3, 0.4) is 0 Å². The highest BCUT2D eigenvalue weighted by Gasteiger charge is 2.24. The predicted molar refractivity (Wildman–Crippen MR) is 252 cm³/mol. The van der Waals surface area contributed by atoms with Gasteiger partial charge >= 0.3 is 0 Å². The van der Waals surface area contributed by atoms with Gasteiger partial charge in [-0.05, 0) is 12.8 Å². The molecule has 0 saturated carbocycles. The van der Waals surface area contributed by atoms with Crippen LogP contribution in [0.2, 0.25) is 0 Å². The molecule has 0 heterocycles. The largest absolute Gasteiger partial charge is 0.756 e. The SMILES string of the molecule is CCCCCCCCCCCCCCCCCCCCCCC(=O)NC(COP(=O)([O-])OCC[N+](C)(C)C)C(O)CCCCCCCCCCCCCCCCCCC. The summed E-state index contributed by atoms with van der Waals surface area (Å²) in [6.45, 7) is 4.76. The molecule has 0 fully saturated rings. The van der Waals surface area contributed by atoms with E-state index in [9.17, 15) is 19.4 Å². The van der Waals surface area contributed by atoms with Gasteiger partial charge in [0.1, 0.15) is 13.2 Å². The van der Waals surface area contributed by atoms with E-state index in [4.69, 9.17) is 9.05 Å². The Kier molecular flexibility index (Phi) is 42.4. The number of rotatable bonds is 48. The molecule has 3 atom stereocenters. The topological polar surface area (TPSA) is 108 Å². The zero-order valence-corrected chi connectivity index (χ0v) is 41.1. The van der Waals surface area contributed by atoms with E-state index in [0.29, 0.717) is 23.9 Å². The fraction of sp³-hybridized carbons (Fsp3) is 0.980. The maximum atomic E-state index is 12.9. The highest BCUT2D eigenvalue weighted by Crippen LogP contribution is 2.38. The van der Waals surface area contributed by atoms with Gasteiger partial charge in [0, 0.05) is 6.42 Å². The summed E-state index contributed by atoms with van der Waals surface area (Å²) in [5, 5.41) is 14.0. The number of amides is 1. The first-order valence-corrected chi connectivity index (χ1v) is 27.3. The minimum Gasteiger partial charge on any atom is -0.756 e. The standard InChI is InChI=1S/C50H103N2O6P/c1-6-8-10-12-14-16-18-20-22-24-25-26-28-30-32-34-36-38-40-42-44-50(54)51-48(47-58-59(55,56)57-46-45-52(3,4)5)49(53)43-41-39-37-35-33-31-29-27-23-21-19-17-15-13-11-9-7-2/h48-49,53H,6-47H2,1-5H3,(H-,51,54,55,56). The van der Waals surface area contributed by atoms with E-state index in [1.54, 1.807) is 0 Å². The van der Waals surface area contributed by atoms with Gasteiger partial charge in [-0.2, -0.15) is 0 Å². The van der Waals surface area contributed by atoms with Gasteiger partial charge in [0.25, 0.3) is 7.82 Å². The fourth-order valence-corrected chi connectivity index (χ4v) is 8.71. The molecule has 0 aliphatic heterocycles. The molecule has 9 heteroatoms. The Labute approximate surface area is 368 Å². The molecule has 0 spiro atoms. The molecule has 0 saturated heterocycles. The third-order valence-corrected chi connectivity index (χ3v) is 13.1. The summed E-state index contributed by atoms with van der Waals surface area (Å²) in [4.78, 5) is 25.4. The molecule has 8 nitrogen and oxygen atoms in total. The number of nitrogens with zero attached hydrogens (tertiary/aromatic N) is 1. The number of nitrogens with one attached hydrogen (secondary N) is 1. The van der Waals surface area contributed by atoms with Crippen LogP contribution in [0.1, 0.15) is 264 Å². The number of likely N-dealkylation sites (N-methyl/N-ethyl adjacent to an activating group) is 1. The highest BCUT2D eigenvalue weighted by molar-refractivity contribution is 7.45. The van der Waals surface area contributed by atoms with Crippen molar-refractivity contribution in [3.63, 3.8) is 0 Å². The van der Waals surface area contributed by atoms with Crippen molar-refractivity contribution in [3.8, 4) is 0 Å². The average Bonchev–Trinajstić information content (AvgIpc) is 3.19. The van der Waals surface area contributed by atoms with E-state index < -0.39 is 20.0 Å². The van der Waals surface area contributed by atoms with Crippen LogP contribution >= 0.6 is 7.82 Å². The molecule has 0 rings (SSSR count). The zero-order valence-electron chi connectivity index (χ0n) is 40.2. The molecule has 1 amide bonds. The van der Waals surface area contributed by atoms with Gasteiger partial charge in [-0.3, -0.25) is 9.36 Å². The molecule has 0 aromatic rings. The van der Waals surface area contributed by atoms with Crippen LogP contribution in [0.5, 0.6) is 0 Å². The van der Waals surface area contributed by atoms with Crippen molar-refractivity contribution in [2.45, 2.75) is 276 Å². The smallest absolute Gasteiger partial charge is 0.268 e. The van der Waals surface area contributed by atoms with Gasteiger partial charge in [0.15, 0.2) is 0 Å². The maximum absolute atomic E-state index is 12.9. The van der Waals surface area contributed by atoms with Crippen LogP contribution in [0.4, 0.5) is 0 Å². The first-order valence-electron chi connectivity index (χ1n) is 25.9. The second-order valence-electron chi connectivity index (χ2n) is 19.2. The van der Waals surface area contributed by atoms with Gasteiger partial charge in [0.2, 0.25) is 5.91 Å². The number of phosphoric ester groups is 1.